The predicted molar refractivity (Wildman–Crippen MR) is 145 cm³/mol. The maximum atomic E-state index is 13.3. The van der Waals surface area contributed by atoms with Gasteiger partial charge in [-0.3, -0.25) is 15.1 Å². The van der Waals surface area contributed by atoms with Crippen LogP contribution in [0.4, 0.5) is 35.0 Å². The van der Waals surface area contributed by atoms with Gasteiger partial charge in [0.05, 0.1) is 29.1 Å². The lowest BCUT2D eigenvalue weighted by Gasteiger charge is -2.36. The number of carbonyl (C=O) groups is 1. The van der Waals surface area contributed by atoms with E-state index in [1.165, 1.54) is 6.07 Å². The fourth-order valence-corrected chi connectivity index (χ4v) is 5.78. The smallest absolute Gasteiger partial charge is 0.423 e. The van der Waals surface area contributed by atoms with Crippen molar-refractivity contribution < 1.29 is 32.4 Å². The van der Waals surface area contributed by atoms with Crippen LogP contribution in [0.15, 0.2) is 36.7 Å². The van der Waals surface area contributed by atoms with Gasteiger partial charge in [0.15, 0.2) is 0 Å². The molecule has 10 nitrogen and oxygen atoms in total. The lowest BCUT2D eigenvalue weighted by Crippen LogP contribution is -2.49. The van der Waals surface area contributed by atoms with Crippen molar-refractivity contribution in [2.24, 2.45) is 0 Å². The molecule has 1 saturated heterocycles. The Bertz CT molecular complexity index is 1220. The van der Waals surface area contributed by atoms with Gasteiger partial charge in [0.25, 0.3) is 5.69 Å². The van der Waals surface area contributed by atoms with Crippen LogP contribution in [0, 0.1) is 10.1 Å². The molecule has 2 aromatic rings. The number of piperazine rings is 1. The number of halogens is 3. The lowest BCUT2D eigenvalue weighted by molar-refractivity contribution is -0.388. The minimum Gasteiger partial charge on any atom is -0.489 e. The Labute approximate surface area is 236 Å². The zero-order chi connectivity index (χ0) is 29.0. The fourth-order valence-electron chi connectivity index (χ4n) is 5.78. The number of nitro groups is 1. The Kier molecular flexibility index (Phi) is 8.69. The average molecular weight is 578 g/mol. The van der Waals surface area contributed by atoms with Crippen LogP contribution in [-0.4, -0.2) is 65.3 Å². The topological polar surface area (TPSA) is 110 Å². The highest BCUT2D eigenvalue weighted by Crippen LogP contribution is 2.38. The van der Waals surface area contributed by atoms with Crippen LogP contribution < -0.4 is 15.0 Å². The largest absolute Gasteiger partial charge is 0.489 e. The summed E-state index contributed by atoms with van der Waals surface area (Å²) in [6.45, 7) is 2.49. The normalized spacial score (nSPS) is 21.9. The first kappa shape index (κ1) is 28.7. The number of anilines is 2. The highest BCUT2D eigenvalue weighted by Gasteiger charge is 2.38. The number of nitrogens with zero attached hydrogens (tertiary/aromatic N) is 4. The standard InChI is InChI=1S/C28H34F3N5O5/c29-28(30,31)25-15-20(7-10-26(25)36(38)39)33-19-5-8-23(9-6-19)40-24-16-21(17-32-18-24)34-11-13-35(14-12-34)27(37)41-22-3-1-2-4-22/h7,10,15-19,22-23,33H,1-6,8-9,11-14H2/t19-,23-. The SMILES string of the molecule is O=C(OC1CCCC1)N1CCN(c2cncc(O[C@H]3CC[C@H](Nc4ccc([N+](=O)[O-])c(C(F)(F)F)c4)CC3)c2)CC1. The second-order valence-corrected chi connectivity index (χ2v) is 10.9. The number of amides is 1. The maximum Gasteiger partial charge on any atom is 0.423 e. The highest BCUT2D eigenvalue weighted by atomic mass is 19.4. The second-order valence-electron chi connectivity index (χ2n) is 10.9. The Morgan fingerprint density at radius 2 is 1.68 bits per heavy atom. The van der Waals surface area contributed by atoms with Gasteiger partial charge in [-0.1, -0.05) is 0 Å². The summed E-state index contributed by atoms with van der Waals surface area (Å²) in [5, 5.41) is 14.1. The number of hydrogen-bond donors (Lipinski definition) is 1. The van der Waals surface area contributed by atoms with Gasteiger partial charge in [-0.2, -0.15) is 13.2 Å². The molecule has 0 bridgehead atoms. The van der Waals surface area contributed by atoms with Gasteiger partial charge >= 0.3 is 12.3 Å². The van der Waals surface area contributed by atoms with E-state index in [1.54, 1.807) is 17.3 Å². The van der Waals surface area contributed by atoms with Gasteiger partial charge in [0.1, 0.15) is 17.4 Å². The van der Waals surface area contributed by atoms with Crippen molar-refractivity contribution in [2.45, 2.75) is 75.8 Å². The molecule has 3 aliphatic rings. The number of carbonyl (C=O) groups excluding carboxylic acids is 1. The van der Waals surface area contributed by atoms with Gasteiger partial charge in [-0.15, -0.1) is 0 Å². The van der Waals surface area contributed by atoms with E-state index >= 15 is 0 Å². The van der Waals surface area contributed by atoms with Gasteiger partial charge in [-0.05, 0) is 63.5 Å². The number of alkyl halides is 3. The Morgan fingerprint density at radius 1 is 0.976 bits per heavy atom. The summed E-state index contributed by atoms with van der Waals surface area (Å²) in [5.41, 5.74) is -1.10. The minimum atomic E-state index is -4.82. The lowest BCUT2D eigenvalue weighted by atomic mass is 9.92. The molecule has 1 aromatic carbocycles. The highest BCUT2D eigenvalue weighted by molar-refractivity contribution is 5.68. The average Bonchev–Trinajstić information content (AvgIpc) is 3.47. The molecule has 1 aliphatic heterocycles. The number of rotatable bonds is 7. The van der Waals surface area contributed by atoms with Crippen LogP contribution in [0.1, 0.15) is 56.9 Å². The molecule has 41 heavy (non-hydrogen) atoms. The summed E-state index contributed by atoms with van der Waals surface area (Å²) in [4.78, 5) is 30.7. The van der Waals surface area contributed by atoms with Gasteiger partial charge < -0.3 is 24.6 Å². The number of aromatic nitrogens is 1. The van der Waals surface area contributed by atoms with E-state index in [0.29, 0.717) is 57.6 Å². The molecule has 2 saturated carbocycles. The van der Waals surface area contributed by atoms with Crippen LogP contribution in [0.25, 0.3) is 0 Å². The zero-order valence-electron chi connectivity index (χ0n) is 22.6. The van der Waals surface area contributed by atoms with Gasteiger partial charge in [-0.25, -0.2) is 4.79 Å². The third-order valence-corrected chi connectivity index (χ3v) is 8.02. The number of nitro benzene ring substituents is 1. The van der Waals surface area contributed by atoms with Crippen molar-refractivity contribution in [3.8, 4) is 5.75 Å². The van der Waals surface area contributed by atoms with Crippen LogP contribution in [0.5, 0.6) is 5.75 Å². The van der Waals surface area contributed by atoms with Crippen molar-refractivity contribution in [3.63, 3.8) is 0 Å². The molecule has 0 spiro atoms. The van der Waals surface area contributed by atoms with Crippen molar-refractivity contribution in [1.29, 1.82) is 0 Å². The first-order valence-electron chi connectivity index (χ1n) is 14.1. The van der Waals surface area contributed by atoms with Crippen LogP contribution in [-0.2, 0) is 10.9 Å². The van der Waals surface area contributed by atoms with E-state index < -0.39 is 22.4 Å². The molecule has 1 N–H and O–H groups in total. The summed E-state index contributed by atoms with van der Waals surface area (Å²) >= 11 is 0. The third kappa shape index (κ3) is 7.31. The molecule has 13 heteroatoms. The zero-order valence-corrected chi connectivity index (χ0v) is 22.6. The van der Waals surface area contributed by atoms with Crippen molar-refractivity contribution in [1.82, 2.24) is 9.88 Å². The number of ether oxygens (including phenoxy) is 2. The summed E-state index contributed by atoms with van der Waals surface area (Å²) in [7, 11) is 0. The van der Waals surface area contributed by atoms with E-state index in [-0.39, 0.29) is 30.0 Å². The molecule has 0 unspecified atom stereocenters. The molecule has 222 valence electrons. The van der Waals surface area contributed by atoms with E-state index in [0.717, 1.165) is 43.5 Å². The molecule has 0 radical (unpaired) electrons. The summed E-state index contributed by atoms with van der Waals surface area (Å²) in [6, 6.07) is 4.88. The predicted octanol–water partition coefficient (Wildman–Crippen LogP) is 6.01. The molecule has 2 aliphatic carbocycles. The van der Waals surface area contributed by atoms with E-state index in [2.05, 4.69) is 15.2 Å². The van der Waals surface area contributed by atoms with Crippen molar-refractivity contribution in [2.75, 3.05) is 36.4 Å². The Balaban J connectivity index is 1.09. The van der Waals surface area contributed by atoms with E-state index in [9.17, 15) is 28.1 Å². The monoisotopic (exact) mass is 577 g/mol. The molecule has 2 heterocycles. The van der Waals surface area contributed by atoms with Crippen LogP contribution in [0.3, 0.4) is 0 Å². The van der Waals surface area contributed by atoms with Crippen LogP contribution in [0.2, 0.25) is 0 Å². The van der Waals surface area contributed by atoms with Crippen molar-refractivity contribution in [3.05, 3.63) is 52.3 Å². The van der Waals surface area contributed by atoms with Crippen molar-refractivity contribution >= 4 is 23.2 Å². The van der Waals surface area contributed by atoms with Gasteiger partial charge in [0, 0.05) is 50.0 Å². The molecular formula is C28H34F3N5O5. The number of benzene rings is 1. The first-order valence-corrected chi connectivity index (χ1v) is 14.1. The van der Waals surface area contributed by atoms with E-state index in [4.69, 9.17) is 9.47 Å². The Hall–Kier alpha value is -3.77. The number of hydrogen-bond acceptors (Lipinski definition) is 8. The number of pyridine rings is 1. The minimum absolute atomic E-state index is 0.0500. The Morgan fingerprint density at radius 3 is 2.34 bits per heavy atom. The number of nitrogens with one attached hydrogen (secondary N) is 1. The molecule has 1 amide bonds. The molecule has 5 rings (SSSR count). The van der Waals surface area contributed by atoms with E-state index in [1.807, 2.05) is 6.07 Å². The summed E-state index contributed by atoms with van der Waals surface area (Å²) < 4.78 is 51.8. The maximum absolute atomic E-state index is 13.3. The summed E-state index contributed by atoms with van der Waals surface area (Å²) in [5.74, 6) is 0.646. The first-order chi connectivity index (χ1) is 19.7. The fraction of sp³-hybridized carbons (Fsp3) is 0.571. The molecule has 1 aromatic heterocycles. The summed E-state index contributed by atoms with van der Waals surface area (Å²) in [6.07, 6.45) is 5.26. The molecule has 3 fully saturated rings. The van der Waals surface area contributed by atoms with Gasteiger partial charge in [0.2, 0.25) is 0 Å². The third-order valence-electron chi connectivity index (χ3n) is 8.02. The molecular weight excluding hydrogens is 543 g/mol. The molecule has 0 atom stereocenters. The second kappa shape index (κ2) is 12.4. The van der Waals surface area contributed by atoms with Crippen LogP contribution >= 0.6 is 0 Å². The quantitative estimate of drug-likeness (QED) is 0.315.